The molecule has 0 saturated heterocycles. The molecule has 0 aromatic heterocycles. The van der Waals surface area contributed by atoms with Crippen molar-refractivity contribution in [1.82, 2.24) is 0 Å². The van der Waals surface area contributed by atoms with Crippen molar-refractivity contribution in [3.8, 4) is 0 Å². The first kappa shape index (κ1) is 16.9. The minimum Gasteiger partial charge on any atom is -0.463 e. The molecule has 0 aliphatic carbocycles. The van der Waals surface area contributed by atoms with Gasteiger partial charge in [-0.25, -0.2) is 0 Å². The predicted molar refractivity (Wildman–Crippen MR) is 63.8 cm³/mol. The molecule has 0 saturated carbocycles. The van der Waals surface area contributed by atoms with Gasteiger partial charge in [-0.15, -0.1) is 0 Å². The third-order valence-corrected chi connectivity index (χ3v) is 1.89. The van der Waals surface area contributed by atoms with Gasteiger partial charge in [-0.1, -0.05) is 0 Å². The van der Waals surface area contributed by atoms with E-state index in [9.17, 15) is 9.59 Å². The summed E-state index contributed by atoms with van der Waals surface area (Å²) in [6.45, 7) is 8.33. The van der Waals surface area contributed by atoms with Crippen molar-refractivity contribution in [2.24, 2.45) is 0 Å². The zero-order chi connectivity index (χ0) is 14.1. The van der Waals surface area contributed by atoms with E-state index in [1.165, 1.54) is 13.8 Å². The van der Waals surface area contributed by atoms with Crippen LogP contribution in [-0.2, 0) is 28.5 Å². The molecule has 6 nitrogen and oxygen atoms in total. The van der Waals surface area contributed by atoms with Crippen LogP contribution >= 0.6 is 0 Å². The smallest absolute Gasteiger partial charge is 0.302 e. The maximum Gasteiger partial charge on any atom is 0.302 e. The van der Waals surface area contributed by atoms with E-state index in [2.05, 4.69) is 0 Å². The first-order chi connectivity index (χ1) is 8.31. The third kappa shape index (κ3) is 10.0. The molecule has 2 atom stereocenters. The van der Waals surface area contributed by atoms with Crippen LogP contribution in [-0.4, -0.2) is 43.7 Å². The quantitative estimate of drug-likeness (QED) is 0.484. The Morgan fingerprint density at radius 3 is 1.44 bits per heavy atom. The lowest BCUT2D eigenvalue weighted by molar-refractivity contribution is -0.197. The van der Waals surface area contributed by atoms with Gasteiger partial charge in [-0.3, -0.25) is 9.59 Å². The van der Waals surface area contributed by atoms with Crippen LogP contribution in [0, 0.1) is 0 Å². The van der Waals surface area contributed by atoms with Crippen LogP contribution in [0.15, 0.2) is 0 Å². The van der Waals surface area contributed by atoms with Gasteiger partial charge >= 0.3 is 11.9 Å². The standard InChI is InChI=1S/C12H22O6/c1-8(6-15-10(3)13)17-12(5)18-9(2)7-16-11(4)14/h8-9,12H,6-7H2,1-5H3. The molecule has 0 aromatic rings. The first-order valence-corrected chi connectivity index (χ1v) is 5.89. The molecule has 0 bridgehead atoms. The summed E-state index contributed by atoms with van der Waals surface area (Å²) in [7, 11) is 0. The van der Waals surface area contributed by atoms with E-state index >= 15 is 0 Å². The normalized spacial score (nSPS) is 15.6. The van der Waals surface area contributed by atoms with Crippen molar-refractivity contribution in [3.05, 3.63) is 0 Å². The van der Waals surface area contributed by atoms with E-state index in [1.54, 1.807) is 20.8 Å². The molecule has 0 aliphatic rings. The number of rotatable bonds is 8. The van der Waals surface area contributed by atoms with Gasteiger partial charge in [0.25, 0.3) is 0 Å². The monoisotopic (exact) mass is 262 g/mol. The maximum atomic E-state index is 10.6. The molecule has 0 radical (unpaired) electrons. The lowest BCUT2D eigenvalue weighted by atomic mass is 10.4. The van der Waals surface area contributed by atoms with Crippen LogP contribution in [0.5, 0.6) is 0 Å². The maximum absolute atomic E-state index is 10.6. The number of carbonyl (C=O) groups excluding carboxylic acids is 2. The summed E-state index contributed by atoms with van der Waals surface area (Å²) in [6, 6.07) is 0. The second-order valence-electron chi connectivity index (χ2n) is 4.07. The molecule has 0 fully saturated rings. The SMILES string of the molecule is CC(=O)OCC(C)OC(C)OC(C)COC(C)=O. The number of carbonyl (C=O) groups is 2. The largest absolute Gasteiger partial charge is 0.463 e. The Balaban J connectivity index is 3.77. The van der Waals surface area contributed by atoms with Crippen molar-refractivity contribution in [1.29, 1.82) is 0 Å². The molecular formula is C12H22O6. The summed E-state index contributed by atoms with van der Waals surface area (Å²) < 4.78 is 20.5. The molecule has 0 amide bonds. The van der Waals surface area contributed by atoms with Crippen molar-refractivity contribution in [2.75, 3.05) is 13.2 Å². The van der Waals surface area contributed by atoms with E-state index in [1.807, 2.05) is 0 Å². The zero-order valence-corrected chi connectivity index (χ0v) is 11.6. The molecule has 0 rings (SSSR count). The first-order valence-electron chi connectivity index (χ1n) is 5.89. The Kier molecular flexibility index (Phi) is 8.32. The Morgan fingerprint density at radius 1 is 0.833 bits per heavy atom. The molecule has 6 heteroatoms. The summed E-state index contributed by atoms with van der Waals surface area (Å²) in [4.78, 5) is 21.2. The second kappa shape index (κ2) is 8.88. The summed E-state index contributed by atoms with van der Waals surface area (Å²) in [5, 5.41) is 0. The minimum atomic E-state index is -0.471. The summed E-state index contributed by atoms with van der Waals surface area (Å²) in [5.41, 5.74) is 0. The van der Waals surface area contributed by atoms with Gasteiger partial charge in [0.15, 0.2) is 6.29 Å². The Morgan fingerprint density at radius 2 is 1.17 bits per heavy atom. The molecular weight excluding hydrogens is 240 g/mol. The van der Waals surface area contributed by atoms with Gasteiger partial charge in [0.2, 0.25) is 0 Å². The minimum absolute atomic E-state index is 0.182. The van der Waals surface area contributed by atoms with E-state index in [-0.39, 0.29) is 37.4 Å². The summed E-state index contributed by atoms with van der Waals surface area (Å²) in [6.07, 6.45) is -0.990. The van der Waals surface area contributed by atoms with Gasteiger partial charge in [-0.05, 0) is 20.8 Å². The molecule has 18 heavy (non-hydrogen) atoms. The van der Waals surface area contributed by atoms with E-state index in [4.69, 9.17) is 18.9 Å². The molecule has 0 N–H and O–H groups in total. The van der Waals surface area contributed by atoms with E-state index in [0.29, 0.717) is 0 Å². The highest BCUT2D eigenvalue weighted by molar-refractivity contribution is 5.66. The average molecular weight is 262 g/mol. The van der Waals surface area contributed by atoms with E-state index in [0.717, 1.165) is 0 Å². The van der Waals surface area contributed by atoms with Gasteiger partial charge in [-0.2, -0.15) is 0 Å². The van der Waals surface area contributed by atoms with Gasteiger partial charge in [0, 0.05) is 13.8 Å². The van der Waals surface area contributed by atoms with Crippen molar-refractivity contribution in [3.63, 3.8) is 0 Å². The predicted octanol–water partition coefficient (Wildman–Crippen LogP) is 1.27. The van der Waals surface area contributed by atoms with Gasteiger partial charge in [0.1, 0.15) is 13.2 Å². The van der Waals surface area contributed by atoms with Crippen molar-refractivity contribution in [2.45, 2.75) is 53.1 Å². The topological polar surface area (TPSA) is 71.1 Å². The highest BCUT2D eigenvalue weighted by Crippen LogP contribution is 2.05. The lowest BCUT2D eigenvalue weighted by Crippen LogP contribution is -2.29. The fourth-order valence-corrected chi connectivity index (χ4v) is 1.23. The number of esters is 2. The van der Waals surface area contributed by atoms with E-state index < -0.39 is 6.29 Å². The van der Waals surface area contributed by atoms with Crippen LogP contribution in [0.2, 0.25) is 0 Å². The lowest BCUT2D eigenvalue weighted by Gasteiger charge is -2.22. The molecule has 0 spiro atoms. The number of hydrogen-bond donors (Lipinski definition) is 0. The van der Waals surface area contributed by atoms with Gasteiger partial charge < -0.3 is 18.9 Å². The fourth-order valence-electron chi connectivity index (χ4n) is 1.23. The van der Waals surface area contributed by atoms with Crippen LogP contribution in [0.4, 0.5) is 0 Å². The van der Waals surface area contributed by atoms with Crippen molar-refractivity contribution < 1.29 is 28.5 Å². The summed E-state index contributed by atoms with van der Waals surface area (Å²) in [5.74, 6) is -0.690. The third-order valence-electron chi connectivity index (χ3n) is 1.89. The van der Waals surface area contributed by atoms with Crippen LogP contribution < -0.4 is 0 Å². The molecule has 106 valence electrons. The molecule has 2 unspecified atom stereocenters. The average Bonchev–Trinajstić information content (AvgIpc) is 2.23. The zero-order valence-electron chi connectivity index (χ0n) is 11.6. The van der Waals surface area contributed by atoms with Crippen molar-refractivity contribution >= 4 is 11.9 Å². The molecule has 0 aliphatic heterocycles. The second-order valence-corrected chi connectivity index (χ2v) is 4.07. The molecule has 0 aromatic carbocycles. The van der Waals surface area contributed by atoms with Crippen LogP contribution in [0.25, 0.3) is 0 Å². The molecule has 0 heterocycles. The van der Waals surface area contributed by atoms with Crippen LogP contribution in [0.1, 0.15) is 34.6 Å². The van der Waals surface area contributed by atoms with Crippen LogP contribution in [0.3, 0.4) is 0 Å². The highest BCUT2D eigenvalue weighted by atomic mass is 16.7. The number of ether oxygens (including phenoxy) is 4. The Bertz CT molecular complexity index is 239. The highest BCUT2D eigenvalue weighted by Gasteiger charge is 2.14. The Hall–Kier alpha value is -1.14. The fraction of sp³-hybridized carbons (Fsp3) is 0.833. The van der Waals surface area contributed by atoms with Gasteiger partial charge in [0.05, 0.1) is 12.2 Å². The Labute approximate surface area is 108 Å². The number of hydrogen-bond acceptors (Lipinski definition) is 6. The summed E-state index contributed by atoms with van der Waals surface area (Å²) >= 11 is 0.